The number of thiazole rings is 1. The summed E-state index contributed by atoms with van der Waals surface area (Å²) in [6.07, 6.45) is 6.51. The van der Waals surface area contributed by atoms with E-state index in [4.69, 9.17) is 0 Å². The number of rotatable bonds is 5. The molecule has 0 N–H and O–H groups in total. The van der Waals surface area contributed by atoms with Crippen molar-refractivity contribution < 1.29 is 0 Å². The van der Waals surface area contributed by atoms with E-state index in [1.54, 1.807) is 16.9 Å². The van der Waals surface area contributed by atoms with Gasteiger partial charge in [-0.05, 0) is 45.4 Å². The lowest BCUT2D eigenvalue weighted by atomic mass is 9.94. The van der Waals surface area contributed by atoms with Crippen molar-refractivity contribution >= 4 is 11.3 Å². The van der Waals surface area contributed by atoms with Gasteiger partial charge in [0.2, 0.25) is 0 Å². The van der Waals surface area contributed by atoms with Crippen molar-refractivity contribution in [3.05, 3.63) is 52.3 Å². The Bertz CT molecular complexity index is 629. The lowest BCUT2D eigenvalue weighted by Crippen LogP contribution is -2.24. The van der Waals surface area contributed by atoms with E-state index >= 15 is 0 Å². The number of aryl methyl sites for hydroxylation is 1. The summed E-state index contributed by atoms with van der Waals surface area (Å²) < 4.78 is 0. The maximum atomic E-state index is 4.44. The molecule has 1 atom stereocenters. The fraction of sp³-hybridized carbons (Fsp3) is 0.571. The first-order valence-corrected chi connectivity index (χ1v) is 10.4. The molecule has 0 aromatic carbocycles. The SMILES string of the molecule is C=CCC1C(=C)N(CCc2scnc2C)C2=C1CN(C)CCC2.CC. The Kier molecular flexibility index (Phi) is 7.45. The normalized spacial score (nSPS) is 20.9. The molecule has 1 aromatic rings. The number of allylic oxidation sites excluding steroid dienone is 3. The molecule has 2 aliphatic heterocycles. The summed E-state index contributed by atoms with van der Waals surface area (Å²) in [5.74, 6) is 0.450. The average Bonchev–Trinajstić information content (AvgIpc) is 3.04. The molecular weight excluding hydrogens is 326 g/mol. The number of nitrogens with zero attached hydrogens (tertiary/aromatic N) is 3. The Morgan fingerprint density at radius 3 is 2.80 bits per heavy atom. The minimum Gasteiger partial charge on any atom is -0.348 e. The van der Waals surface area contributed by atoms with Crippen LogP contribution in [0.2, 0.25) is 0 Å². The minimum absolute atomic E-state index is 0.450. The molecule has 138 valence electrons. The van der Waals surface area contributed by atoms with Gasteiger partial charge in [0.05, 0.1) is 11.2 Å². The van der Waals surface area contributed by atoms with Crippen LogP contribution in [0.5, 0.6) is 0 Å². The lowest BCUT2D eigenvalue weighted by molar-refractivity contribution is 0.345. The third-order valence-electron chi connectivity index (χ3n) is 5.07. The largest absolute Gasteiger partial charge is 0.348 e. The molecule has 2 aliphatic rings. The summed E-state index contributed by atoms with van der Waals surface area (Å²) in [4.78, 5) is 10.7. The molecule has 25 heavy (non-hydrogen) atoms. The van der Waals surface area contributed by atoms with E-state index in [0.717, 1.165) is 25.9 Å². The molecule has 1 unspecified atom stereocenters. The second-order valence-electron chi connectivity index (χ2n) is 6.64. The first-order chi connectivity index (χ1) is 12.1. The average molecular weight is 360 g/mol. The summed E-state index contributed by atoms with van der Waals surface area (Å²) in [5, 5.41) is 0. The highest BCUT2D eigenvalue weighted by molar-refractivity contribution is 7.09. The molecule has 0 amide bonds. The van der Waals surface area contributed by atoms with Gasteiger partial charge >= 0.3 is 0 Å². The molecule has 0 aliphatic carbocycles. The van der Waals surface area contributed by atoms with Crippen LogP contribution in [0.25, 0.3) is 0 Å². The molecule has 1 aromatic heterocycles. The smallest absolute Gasteiger partial charge is 0.0797 e. The predicted molar refractivity (Wildman–Crippen MR) is 110 cm³/mol. The van der Waals surface area contributed by atoms with Gasteiger partial charge in [0.15, 0.2) is 0 Å². The monoisotopic (exact) mass is 359 g/mol. The van der Waals surface area contributed by atoms with Crippen molar-refractivity contribution in [3.63, 3.8) is 0 Å². The summed E-state index contributed by atoms with van der Waals surface area (Å²) in [7, 11) is 2.23. The Morgan fingerprint density at radius 1 is 1.40 bits per heavy atom. The topological polar surface area (TPSA) is 19.4 Å². The minimum atomic E-state index is 0.450. The molecular formula is C21H33N3S. The van der Waals surface area contributed by atoms with Crippen molar-refractivity contribution in [2.45, 2.75) is 46.5 Å². The van der Waals surface area contributed by atoms with Crippen LogP contribution in [0.4, 0.5) is 0 Å². The summed E-state index contributed by atoms with van der Waals surface area (Å²) >= 11 is 1.77. The van der Waals surface area contributed by atoms with E-state index in [1.807, 2.05) is 25.4 Å². The second kappa shape index (κ2) is 9.35. The Morgan fingerprint density at radius 2 is 2.16 bits per heavy atom. The third-order valence-corrected chi connectivity index (χ3v) is 6.06. The fourth-order valence-electron chi connectivity index (χ4n) is 3.82. The van der Waals surface area contributed by atoms with Crippen LogP contribution in [-0.2, 0) is 6.42 Å². The molecule has 3 nitrogen and oxygen atoms in total. The molecule has 0 spiro atoms. The van der Waals surface area contributed by atoms with Gasteiger partial charge in [-0.3, -0.25) is 0 Å². The highest BCUT2D eigenvalue weighted by Crippen LogP contribution is 2.41. The third kappa shape index (κ3) is 4.42. The number of likely N-dealkylation sites (N-methyl/N-ethyl adjacent to an activating group) is 1. The maximum absolute atomic E-state index is 4.44. The van der Waals surface area contributed by atoms with Crippen LogP contribution < -0.4 is 0 Å². The van der Waals surface area contributed by atoms with Crippen molar-refractivity contribution in [2.24, 2.45) is 5.92 Å². The van der Waals surface area contributed by atoms with Crippen LogP contribution in [0, 0.1) is 12.8 Å². The van der Waals surface area contributed by atoms with E-state index in [9.17, 15) is 0 Å². The van der Waals surface area contributed by atoms with Crippen LogP contribution >= 0.6 is 11.3 Å². The van der Waals surface area contributed by atoms with Crippen LogP contribution in [-0.4, -0.2) is 41.5 Å². The number of hydrogen-bond donors (Lipinski definition) is 0. The Balaban J connectivity index is 0.00000109. The Hall–Kier alpha value is -1.39. The molecule has 0 bridgehead atoms. The van der Waals surface area contributed by atoms with E-state index < -0.39 is 0 Å². The van der Waals surface area contributed by atoms with E-state index in [0.29, 0.717) is 5.92 Å². The standard InChI is InChI=1S/C19H27N3S.C2H6/c1-5-7-16-15(3)22(11-9-19-14(2)20-13-23-19)18-8-6-10-21(4)12-17(16)18;1-2/h5,13,16H,1,3,6-12H2,2,4H3;1-2H3. The second-order valence-corrected chi connectivity index (χ2v) is 7.58. The van der Waals surface area contributed by atoms with Gasteiger partial charge in [-0.25, -0.2) is 4.98 Å². The first-order valence-electron chi connectivity index (χ1n) is 9.48. The zero-order chi connectivity index (χ0) is 18.4. The lowest BCUT2D eigenvalue weighted by Gasteiger charge is -2.26. The number of hydrogen-bond acceptors (Lipinski definition) is 4. The van der Waals surface area contributed by atoms with Gasteiger partial charge in [-0.15, -0.1) is 17.9 Å². The summed E-state index contributed by atoms with van der Waals surface area (Å²) in [5.41, 5.74) is 7.52. The van der Waals surface area contributed by atoms with Crippen molar-refractivity contribution in [1.29, 1.82) is 0 Å². The quantitative estimate of drug-likeness (QED) is 0.688. The fourth-order valence-corrected chi connectivity index (χ4v) is 4.59. The van der Waals surface area contributed by atoms with Gasteiger partial charge in [0.1, 0.15) is 0 Å². The van der Waals surface area contributed by atoms with Gasteiger partial charge in [-0.1, -0.05) is 26.5 Å². The van der Waals surface area contributed by atoms with Crippen LogP contribution in [0.15, 0.2) is 41.7 Å². The molecule has 0 fully saturated rings. The highest BCUT2D eigenvalue weighted by Gasteiger charge is 2.35. The predicted octanol–water partition coefficient (Wildman–Crippen LogP) is 5.02. The molecule has 0 radical (unpaired) electrons. The van der Waals surface area contributed by atoms with Crippen molar-refractivity contribution in [3.8, 4) is 0 Å². The maximum Gasteiger partial charge on any atom is 0.0797 e. The summed E-state index contributed by atoms with van der Waals surface area (Å²) in [6, 6.07) is 0. The first kappa shape index (κ1) is 19.9. The zero-order valence-corrected chi connectivity index (χ0v) is 17.2. The zero-order valence-electron chi connectivity index (χ0n) is 16.3. The van der Waals surface area contributed by atoms with Crippen molar-refractivity contribution in [2.75, 3.05) is 26.7 Å². The van der Waals surface area contributed by atoms with Crippen LogP contribution in [0.1, 0.15) is 43.7 Å². The van der Waals surface area contributed by atoms with E-state index in [2.05, 4.69) is 41.9 Å². The molecule has 3 heterocycles. The molecule has 0 saturated heterocycles. The van der Waals surface area contributed by atoms with Crippen molar-refractivity contribution in [1.82, 2.24) is 14.8 Å². The Labute approximate surface area is 157 Å². The summed E-state index contributed by atoms with van der Waals surface area (Å²) in [6.45, 7) is 17.8. The van der Waals surface area contributed by atoms with E-state index in [1.165, 1.54) is 41.4 Å². The van der Waals surface area contributed by atoms with E-state index in [-0.39, 0.29) is 0 Å². The van der Waals surface area contributed by atoms with Gasteiger partial charge in [-0.2, -0.15) is 0 Å². The van der Waals surface area contributed by atoms with Crippen LogP contribution in [0.3, 0.4) is 0 Å². The molecule has 3 rings (SSSR count). The molecule has 4 heteroatoms. The van der Waals surface area contributed by atoms with Gasteiger partial charge < -0.3 is 9.80 Å². The van der Waals surface area contributed by atoms with Gasteiger partial charge in [0, 0.05) is 41.7 Å². The molecule has 0 saturated carbocycles. The number of aromatic nitrogens is 1. The highest BCUT2D eigenvalue weighted by atomic mass is 32.1. The van der Waals surface area contributed by atoms with Gasteiger partial charge in [0.25, 0.3) is 0 Å².